The van der Waals surface area contributed by atoms with Crippen molar-refractivity contribution in [1.29, 1.82) is 0 Å². The maximum Gasteiger partial charge on any atom is 0.251 e. The molecule has 27 heavy (non-hydrogen) atoms. The lowest BCUT2D eigenvalue weighted by molar-refractivity contribution is -0.115. The van der Waals surface area contributed by atoms with Crippen molar-refractivity contribution in [3.63, 3.8) is 0 Å². The molecule has 0 atom stereocenters. The molecule has 2 aromatic rings. The number of benzene rings is 2. The summed E-state index contributed by atoms with van der Waals surface area (Å²) in [7, 11) is 1.64. The zero-order chi connectivity index (χ0) is 18.9. The largest absolute Gasteiger partial charge is 0.497 e. The van der Waals surface area contributed by atoms with Crippen LogP contribution in [0.3, 0.4) is 0 Å². The van der Waals surface area contributed by atoms with Gasteiger partial charge >= 0.3 is 0 Å². The van der Waals surface area contributed by atoms with Gasteiger partial charge in [0.25, 0.3) is 5.91 Å². The Balaban J connectivity index is 1.71. The van der Waals surface area contributed by atoms with E-state index in [1.54, 1.807) is 7.11 Å². The van der Waals surface area contributed by atoms with Crippen molar-refractivity contribution in [2.24, 2.45) is 0 Å². The quantitative estimate of drug-likeness (QED) is 0.605. The molecule has 1 aliphatic heterocycles. The van der Waals surface area contributed by atoms with Gasteiger partial charge in [0.2, 0.25) is 0 Å². The van der Waals surface area contributed by atoms with Crippen molar-refractivity contribution in [1.82, 2.24) is 10.2 Å². The molecular formula is C22H26N2O3. The number of nitrogens with zero attached hydrogens (tertiary/aromatic N) is 1. The highest BCUT2D eigenvalue weighted by Crippen LogP contribution is 2.20. The molecule has 3 rings (SSSR count). The van der Waals surface area contributed by atoms with E-state index in [0.29, 0.717) is 12.1 Å². The third-order valence-corrected chi connectivity index (χ3v) is 4.57. The van der Waals surface area contributed by atoms with Gasteiger partial charge in [-0.05, 0) is 29.3 Å². The van der Waals surface area contributed by atoms with Crippen LogP contribution in [0.5, 0.6) is 5.75 Å². The summed E-state index contributed by atoms with van der Waals surface area (Å²) < 4.78 is 10.6. The topological polar surface area (TPSA) is 50.8 Å². The smallest absolute Gasteiger partial charge is 0.251 e. The fourth-order valence-electron chi connectivity index (χ4n) is 3.01. The van der Waals surface area contributed by atoms with Gasteiger partial charge in [-0.15, -0.1) is 0 Å². The molecule has 0 saturated carbocycles. The normalized spacial score (nSPS) is 15.4. The number of carbonyl (C=O) groups excluding carboxylic acids is 1. The second-order valence-electron chi connectivity index (χ2n) is 6.41. The molecule has 5 nitrogen and oxygen atoms in total. The van der Waals surface area contributed by atoms with Crippen LogP contribution in [0, 0.1) is 0 Å². The maximum absolute atomic E-state index is 12.9. The summed E-state index contributed by atoms with van der Waals surface area (Å²) in [6.07, 6.45) is 1.92. The average molecular weight is 366 g/mol. The lowest BCUT2D eigenvalue weighted by Crippen LogP contribution is -2.41. The summed E-state index contributed by atoms with van der Waals surface area (Å²) in [6, 6.07) is 17.4. The van der Waals surface area contributed by atoms with Crippen LogP contribution in [0.1, 0.15) is 11.1 Å². The number of ether oxygens (including phenoxy) is 2. The van der Waals surface area contributed by atoms with Crippen LogP contribution < -0.4 is 10.1 Å². The number of amides is 1. The predicted octanol–water partition coefficient (Wildman–Crippen LogP) is 2.68. The van der Waals surface area contributed by atoms with Gasteiger partial charge in [-0.25, -0.2) is 0 Å². The molecule has 0 unspecified atom stereocenters. The van der Waals surface area contributed by atoms with E-state index < -0.39 is 0 Å². The average Bonchev–Trinajstić information content (AvgIpc) is 2.74. The molecule has 0 aromatic heterocycles. The molecule has 2 aromatic carbocycles. The van der Waals surface area contributed by atoms with Gasteiger partial charge in [0.15, 0.2) is 0 Å². The first-order valence-electron chi connectivity index (χ1n) is 9.26. The molecule has 0 aliphatic carbocycles. The molecule has 5 heteroatoms. The Morgan fingerprint density at radius 3 is 2.48 bits per heavy atom. The Morgan fingerprint density at radius 2 is 1.81 bits per heavy atom. The van der Waals surface area contributed by atoms with Gasteiger partial charge < -0.3 is 14.8 Å². The van der Waals surface area contributed by atoms with Crippen LogP contribution in [0.25, 0.3) is 11.6 Å². The Labute approximate surface area is 160 Å². The number of morpholine rings is 1. The van der Waals surface area contributed by atoms with E-state index in [0.717, 1.165) is 49.7 Å². The molecule has 1 saturated heterocycles. The van der Waals surface area contributed by atoms with Crippen LogP contribution in [0.2, 0.25) is 0 Å². The first-order valence-corrected chi connectivity index (χ1v) is 9.26. The second kappa shape index (κ2) is 9.90. The Hall–Kier alpha value is -2.63. The first kappa shape index (κ1) is 19.1. The van der Waals surface area contributed by atoms with Gasteiger partial charge in [-0.1, -0.05) is 42.5 Å². The number of hydrogen-bond acceptors (Lipinski definition) is 4. The molecule has 142 valence electrons. The van der Waals surface area contributed by atoms with Gasteiger partial charge in [-0.3, -0.25) is 9.69 Å². The zero-order valence-electron chi connectivity index (χ0n) is 15.7. The molecule has 0 bridgehead atoms. The molecule has 0 spiro atoms. The highest BCUT2D eigenvalue weighted by atomic mass is 16.5. The Kier molecular flexibility index (Phi) is 7.02. The minimum Gasteiger partial charge on any atom is -0.497 e. The van der Waals surface area contributed by atoms with Crippen LogP contribution in [0.4, 0.5) is 0 Å². The van der Waals surface area contributed by atoms with Crippen LogP contribution in [-0.4, -0.2) is 57.3 Å². The number of hydrogen-bond donors (Lipinski definition) is 1. The van der Waals surface area contributed by atoms with Crippen molar-refractivity contribution in [2.75, 3.05) is 46.5 Å². The molecule has 1 fully saturated rings. The lowest BCUT2D eigenvalue weighted by atomic mass is 10.0. The fourth-order valence-corrected chi connectivity index (χ4v) is 3.01. The lowest BCUT2D eigenvalue weighted by Gasteiger charge is -2.26. The standard InChI is InChI=1S/C22H26N2O3/c1-26-20-9-7-18(8-10-20)17-21(19-5-3-2-4-6-19)22(25)23-11-12-24-13-15-27-16-14-24/h2-10,17H,11-16H2,1H3,(H,23,25)/b21-17+. The van der Waals surface area contributed by atoms with E-state index in [2.05, 4.69) is 10.2 Å². The number of carbonyl (C=O) groups is 1. The number of nitrogens with one attached hydrogen (secondary N) is 1. The SMILES string of the molecule is COc1ccc(/C=C(/C(=O)NCCN2CCOCC2)c2ccccc2)cc1. The van der Waals surface area contributed by atoms with Crippen molar-refractivity contribution in [3.8, 4) is 5.75 Å². The van der Waals surface area contributed by atoms with Crippen molar-refractivity contribution < 1.29 is 14.3 Å². The van der Waals surface area contributed by atoms with Crippen LogP contribution in [-0.2, 0) is 9.53 Å². The summed E-state index contributed by atoms with van der Waals surface area (Å²) in [5.74, 6) is 0.730. The molecule has 1 amide bonds. The van der Waals surface area contributed by atoms with E-state index in [1.165, 1.54) is 0 Å². The van der Waals surface area contributed by atoms with Crippen molar-refractivity contribution in [3.05, 3.63) is 65.7 Å². The van der Waals surface area contributed by atoms with Gasteiger partial charge in [0.05, 0.1) is 20.3 Å². The number of rotatable bonds is 7. The molecule has 0 radical (unpaired) electrons. The summed E-state index contributed by atoms with van der Waals surface area (Å²) in [5, 5.41) is 3.06. The van der Waals surface area contributed by atoms with Crippen LogP contribution in [0.15, 0.2) is 54.6 Å². The van der Waals surface area contributed by atoms with Crippen molar-refractivity contribution in [2.45, 2.75) is 0 Å². The Morgan fingerprint density at radius 1 is 1.11 bits per heavy atom. The summed E-state index contributed by atoms with van der Waals surface area (Å²) in [4.78, 5) is 15.2. The van der Waals surface area contributed by atoms with E-state index in [1.807, 2.05) is 60.7 Å². The highest BCUT2D eigenvalue weighted by Gasteiger charge is 2.14. The van der Waals surface area contributed by atoms with Gasteiger partial charge in [0, 0.05) is 31.8 Å². The maximum atomic E-state index is 12.9. The predicted molar refractivity (Wildman–Crippen MR) is 108 cm³/mol. The fraction of sp³-hybridized carbons (Fsp3) is 0.318. The molecule has 1 N–H and O–H groups in total. The van der Waals surface area contributed by atoms with E-state index in [9.17, 15) is 4.79 Å². The highest BCUT2D eigenvalue weighted by molar-refractivity contribution is 6.24. The third-order valence-electron chi connectivity index (χ3n) is 4.57. The van der Waals surface area contributed by atoms with Crippen molar-refractivity contribution >= 4 is 17.6 Å². The summed E-state index contributed by atoms with van der Waals surface area (Å²) in [6.45, 7) is 4.82. The third kappa shape index (κ3) is 5.67. The summed E-state index contributed by atoms with van der Waals surface area (Å²) >= 11 is 0. The minimum absolute atomic E-state index is 0.0646. The van der Waals surface area contributed by atoms with Gasteiger partial charge in [-0.2, -0.15) is 0 Å². The zero-order valence-corrected chi connectivity index (χ0v) is 15.7. The molecule has 1 heterocycles. The van der Waals surface area contributed by atoms with E-state index in [4.69, 9.17) is 9.47 Å². The van der Waals surface area contributed by atoms with E-state index in [-0.39, 0.29) is 5.91 Å². The second-order valence-corrected chi connectivity index (χ2v) is 6.41. The number of methoxy groups -OCH3 is 1. The first-order chi connectivity index (χ1) is 13.3. The van der Waals surface area contributed by atoms with E-state index >= 15 is 0 Å². The molecule has 1 aliphatic rings. The minimum atomic E-state index is -0.0646. The van der Waals surface area contributed by atoms with Gasteiger partial charge in [0.1, 0.15) is 5.75 Å². The monoisotopic (exact) mass is 366 g/mol. The Bertz CT molecular complexity index is 751. The molecular weight excluding hydrogens is 340 g/mol. The summed E-state index contributed by atoms with van der Waals surface area (Å²) in [5.41, 5.74) is 2.51. The van der Waals surface area contributed by atoms with Crippen LogP contribution >= 0.6 is 0 Å².